The molecule has 0 saturated heterocycles. The van der Waals surface area contributed by atoms with Crippen molar-refractivity contribution in [3.8, 4) is 0 Å². The molecular weight excluding hydrogens is 239 g/mol. The second-order valence-electron chi connectivity index (χ2n) is 4.76. The molecule has 1 unspecified atom stereocenters. The molecule has 100 valence electrons. The topological polar surface area (TPSA) is 24.9 Å². The molecule has 0 fully saturated rings. The maximum atomic E-state index is 13.6. The quantitative estimate of drug-likeness (QED) is 0.907. The minimum absolute atomic E-state index is 0.0701. The number of nitrogens with one attached hydrogen (secondary N) is 1. The molecule has 2 aromatic rings. The molecule has 19 heavy (non-hydrogen) atoms. The summed E-state index contributed by atoms with van der Waals surface area (Å²) in [4.78, 5) is 4.54. The zero-order valence-electron chi connectivity index (χ0n) is 11.6. The minimum Gasteiger partial charge on any atom is -0.305 e. The Balaban J connectivity index is 2.44. The maximum absolute atomic E-state index is 13.6. The lowest BCUT2D eigenvalue weighted by Gasteiger charge is -2.19. The molecule has 0 radical (unpaired) electrons. The summed E-state index contributed by atoms with van der Waals surface area (Å²) in [6.07, 6.45) is 0. The number of halogens is 1. The third-order valence-corrected chi connectivity index (χ3v) is 3.01. The third kappa shape index (κ3) is 3.38. The summed E-state index contributed by atoms with van der Waals surface area (Å²) in [5.74, 6) is -0.203. The van der Waals surface area contributed by atoms with Gasteiger partial charge in [0.25, 0.3) is 0 Å². The van der Waals surface area contributed by atoms with Crippen LogP contribution in [0.15, 0.2) is 36.4 Å². The Kier molecular flexibility index (Phi) is 4.27. The van der Waals surface area contributed by atoms with Gasteiger partial charge in [-0.15, -0.1) is 0 Å². The summed E-state index contributed by atoms with van der Waals surface area (Å²) < 4.78 is 13.6. The third-order valence-electron chi connectivity index (χ3n) is 3.01. The summed E-state index contributed by atoms with van der Waals surface area (Å²) >= 11 is 0. The first-order valence-electron chi connectivity index (χ1n) is 6.54. The van der Waals surface area contributed by atoms with Crippen LogP contribution in [-0.2, 0) is 0 Å². The van der Waals surface area contributed by atoms with Gasteiger partial charge >= 0.3 is 0 Å². The van der Waals surface area contributed by atoms with Gasteiger partial charge in [0.2, 0.25) is 0 Å². The molecule has 3 heteroatoms. The summed E-state index contributed by atoms with van der Waals surface area (Å²) in [7, 11) is 0. The highest BCUT2D eigenvalue weighted by Crippen LogP contribution is 2.22. The smallest absolute Gasteiger partial charge is 0.123 e. The Morgan fingerprint density at radius 1 is 1.21 bits per heavy atom. The lowest BCUT2D eigenvalue weighted by molar-refractivity contribution is 0.593. The summed E-state index contributed by atoms with van der Waals surface area (Å²) in [5, 5.41) is 3.37. The molecule has 0 spiro atoms. The minimum atomic E-state index is -0.203. The number of nitrogens with zero attached hydrogens (tertiary/aromatic N) is 1. The molecule has 0 amide bonds. The molecule has 2 rings (SSSR count). The van der Waals surface area contributed by atoms with Crippen LogP contribution in [0.4, 0.5) is 4.39 Å². The second-order valence-corrected chi connectivity index (χ2v) is 4.76. The van der Waals surface area contributed by atoms with Crippen molar-refractivity contribution in [1.82, 2.24) is 10.3 Å². The predicted octanol–water partition coefficient (Wildman–Crippen LogP) is 3.54. The molecule has 2 nitrogen and oxygen atoms in total. The van der Waals surface area contributed by atoms with Crippen molar-refractivity contribution >= 4 is 0 Å². The van der Waals surface area contributed by atoms with E-state index in [1.165, 1.54) is 6.07 Å². The van der Waals surface area contributed by atoms with Crippen molar-refractivity contribution in [2.24, 2.45) is 0 Å². The van der Waals surface area contributed by atoms with Crippen molar-refractivity contribution in [2.75, 3.05) is 6.54 Å². The van der Waals surface area contributed by atoms with Crippen molar-refractivity contribution < 1.29 is 4.39 Å². The number of aryl methyl sites for hydroxylation is 2. The van der Waals surface area contributed by atoms with Gasteiger partial charge in [-0.1, -0.05) is 19.1 Å². The largest absolute Gasteiger partial charge is 0.305 e. The molecule has 1 atom stereocenters. The van der Waals surface area contributed by atoms with Crippen LogP contribution in [0.25, 0.3) is 0 Å². The van der Waals surface area contributed by atoms with Gasteiger partial charge in [0.15, 0.2) is 0 Å². The summed E-state index contributed by atoms with van der Waals surface area (Å²) in [6.45, 7) is 6.70. The van der Waals surface area contributed by atoms with Crippen molar-refractivity contribution in [2.45, 2.75) is 26.8 Å². The Hall–Kier alpha value is -1.74. The van der Waals surface area contributed by atoms with E-state index in [1.54, 1.807) is 6.07 Å². The second kappa shape index (κ2) is 5.93. The number of hydrogen-bond acceptors (Lipinski definition) is 2. The fraction of sp³-hybridized carbons (Fsp3) is 0.312. The summed E-state index contributed by atoms with van der Waals surface area (Å²) in [6, 6.07) is 11.0. The van der Waals surface area contributed by atoms with Gasteiger partial charge in [0.05, 0.1) is 11.7 Å². The van der Waals surface area contributed by atoms with Crippen LogP contribution in [0, 0.1) is 19.7 Å². The lowest BCUT2D eigenvalue weighted by Crippen LogP contribution is -2.23. The summed E-state index contributed by atoms with van der Waals surface area (Å²) in [5.41, 5.74) is 3.73. The SMILES string of the molecule is CCNC(c1cc(C)cc(F)c1)c1cccc(C)n1. The van der Waals surface area contributed by atoms with Crippen LogP contribution in [0.2, 0.25) is 0 Å². The predicted molar refractivity (Wildman–Crippen MR) is 75.6 cm³/mol. The van der Waals surface area contributed by atoms with E-state index < -0.39 is 0 Å². The van der Waals surface area contributed by atoms with E-state index in [4.69, 9.17) is 0 Å². The van der Waals surface area contributed by atoms with Gasteiger partial charge in [-0.3, -0.25) is 4.98 Å². The zero-order chi connectivity index (χ0) is 13.8. The molecule has 0 aliphatic rings. The van der Waals surface area contributed by atoms with Gasteiger partial charge in [0.1, 0.15) is 5.82 Å². The highest BCUT2D eigenvalue weighted by atomic mass is 19.1. The molecule has 0 saturated carbocycles. The van der Waals surface area contributed by atoms with Crippen molar-refractivity contribution in [3.05, 3.63) is 64.7 Å². The molecule has 1 aromatic carbocycles. The fourth-order valence-electron chi connectivity index (χ4n) is 2.25. The van der Waals surface area contributed by atoms with Crippen LogP contribution >= 0.6 is 0 Å². The van der Waals surface area contributed by atoms with Crippen LogP contribution in [0.5, 0.6) is 0 Å². The molecule has 1 aromatic heterocycles. The molecule has 1 N–H and O–H groups in total. The van der Waals surface area contributed by atoms with Crippen LogP contribution in [0.3, 0.4) is 0 Å². The molecular formula is C16H19FN2. The standard InChI is InChI=1S/C16H19FN2/c1-4-18-16(15-7-5-6-12(3)19-15)13-8-11(2)9-14(17)10-13/h5-10,16,18H,4H2,1-3H3. The monoisotopic (exact) mass is 258 g/mol. The number of hydrogen-bond donors (Lipinski definition) is 1. The maximum Gasteiger partial charge on any atom is 0.123 e. The fourth-order valence-corrected chi connectivity index (χ4v) is 2.25. The average Bonchev–Trinajstić information content (AvgIpc) is 2.34. The zero-order valence-corrected chi connectivity index (χ0v) is 11.6. The van der Waals surface area contributed by atoms with E-state index >= 15 is 0 Å². The van der Waals surface area contributed by atoms with E-state index in [9.17, 15) is 4.39 Å². The number of rotatable bonds is 4. The molecule has 0 bridgehead atoms. The molecule has 0 aliphatic heterocycles. The van der Waals surface area contributed by atoms with Crippen LogP contribution in [-0.4, -0.2) is 11.5 Å². The van der Waals surface area contributed by atoms with Gasteiger partial charge in [-0.25, -0.2) is 4.39 Å². The van der Waals surface area contributed by atoms with Crippen molar-refractivity contribution in [1.29, 1.82) is 0 Å². The molecule has 1 heterocycles. The first-order valence-corrected chi connectivity index (χ1v) is 6.54. The van der Waals surface area contributed by atoms with Crippen LogP contribution in [0.1, 0.15) is 35.5 Å². The number of aromatic nitrogens is 1. The first kappa shape index (κ1) is 13.7. The highest BCUT2D eigenvalue weighted by molar-refractivity contribution is 5.32. The van der Waals surface area contributed by atoms with E-state index in [1.807, 2.05) is 45.0 Å². The van der Waals surface area contributed by atoms with Gasteiger partial charge in [-0.2, -0.15) is 0 Å². The number of benzene rings is 1. The lowest BCUT2D eigenvalue weighted by atomic mass is 10.0. The Morgan fingerprint density at radius 3 is 2.63 bits per heavy atom. The number of pyridine rings is 1. The van der Waals surface area contributed by atoms with E-state index in [-0.39, 0.29) is 11.9 Å². The Morgan fingerprint density at radius 2 is 2.00 bits per heavy atom. The van der Waals surface area contributed by atoms with Crippen molar-refractivity contribution in [3.63, 3.8) is 0 Å². The average molecular weight is 258 g/mol. The van der Waals surface area contributed by atoms with E-state index in [0.717, 1.165) is 29.1 Å². The van der Waals surface area contributed by atoms with Gasteiger partial charge < -0.3 is 5.32 Å². The van der Waals surface area contributed by atoms with Gasteiger partial charge in [0, 0.05) is 5.69 Å². The Labute approximate surface area is 113 Å². The van der Waals surface area contributed by atoms with E-state index in [2.05, 4.69) is 10.3 Å². The molecule has 0 aliphatic carbocycles. The highest BCUT2D eigenvalue weighted by Gasteiger charge is 2.15. The normalized spacial score (nSPS) is 12.4. The van der Waals surface area contributed by atoms with E-state index in [0.29, 0.717) is 0 Å². The first-order chi connectivity index (χ1) is 9.10. The Bertz CT molecular complexity index is 546. The van der Waals surface area contributed by atoms with Gasteiger partial charge in [-0.05, 0) is 55.8 Å². The van der Waals surface area contributed by atoms with Crippen LogP contribution < -0.4 is 5.32 Å².